The van der Waals surface area contributed by atoms with Crippen molar-refractivity contribution in [1.29, 1.82) is 0 Å². The number of benzene rings is 2. The van der Waals surface area contributed by atoms with E-state index in [0.29, 0.717) is 5.02 Å². The molecule has 8 heteroatoms. The van der Waals surface area contributed by atoms with Gasteiger partial charge < -0.3 is 0 Å². The van der Waals surface area contributed by atoms with E-state index < -0.39 is 16.7 Å². The van der Waals surface area contributed by atoms with Gasteiger partial charge in [-0.05, 0) is 30.3 Å². The van der Waals surface area contributed by atoms with Crippen LogP contribution < -0.4 is 10.9 Å². The molecule has 0 aliphatic carbocycles. The Morgan fingerprint density at radius 1 is 0.955 bits per heavy atom. The molecule has 22 heavy (non-hydrogen) atoms. The summed E-state index contributed by atoms with van der Waals surface area (Å²) in [6.45, 7) is 0. The predicted octanol–water partition coefficient (Wildman–Crippen LogP) is 2.32. The fourth-order valence-corrected chi connectivity index (χ4v) is 1.81. The van der Waals surface area contributed by atoms with Gasteiger partial charge in [0.2, 0.25) is 0 Å². The molecule has 0 saturated heterocycles. The van der Waals surface area contributed by atoms with Crippen molar-refractivity contribution >= 4 is 29.1 Å². The number of nitro groups is 1. The van der Waals surface area contributed by atoms with Gasteiger partial charge in [0.15, 0.2) is 0 Å². The smallest absolute Gasteiger partial charge is 0.267 e. The van der Waals surface area contributed by atoms with Crippen molar-refractivity contribution < 1.29 is 14.5 Å². The standard InChI is InChI=1S/C14H10ClN3O4/c15-11-3-1-2-10(8-11)14(20)17-16-13(19)9-4-6-12(7-5-9)18(21)22/h1-8H,(H,16,19)(H,17,20). The third-order valence-electron chi connectivity index (χ3n) is 2.72. The van der Waals surface area contributed by atoms with Gasteiger partial charge in [-0.3, -0.25) is 30.6 Å². The average molecular weight is 320 g/mol. The summed E-state index contributed by atoms with van der Waals surface area (Å²) in [6, 6.07) is 11.2. The van der Waals surface area contributed by atoms with Crippen molar-refractivity contribution in [2.24, 2.45) is 0 Å². The molecule has 0 aromatic heterocycles. The number of nitrogens with one attached hydrogen (secondary N) is 2. The van der Waals surface area contributed by atoms with E-state index in [-0.39, 0.29) is 16.8 Å². The number of non-ortho nitro benzene ring substituents is 1. The quantitative estimate of drug-likeness (QED) is 0.669. The normalized spacial score (nSPS) is 9.86. The first kappa shape index (κ1) is 15.5. The van der Waals surface area contributed by atoms with Crippen molar-refractivity contribution in [2.75, 3.05) is 0 Å². The lowest BCUT2D eigenvalue weighted by Crippen LogP contribution is -2.41. The fourth-order valence-electron chi connectivity index (χ4n) is 1.62. The SMILES string of the molecule is O=C(NNC(=O)c1cccc(Cl)c1)c1ccc([N+](=O)[O-])cc1. The van der Waals surface area contributed by atoms with Crippen LogP contribution in [-0.2, 0) is 0 Å². The molecule has 0 bridgehead atoms. The molecule has 0 fully saturated rings. The number of carbonyl (C=O) groups is 2. The van der Waals surface area contributed by atoms with Crippen LogP contribution in [0.1, 0.15) is 20.7 Å². The van der Waals surface area contributed by atoms with Gasteiger partial charge >= 0.3 is 0 Å². The second-order valence-electron chi connectivity index (χ2n) is 4.22. The Balaban J connectivity index is 1.97. The molecule has 0 atom stereocenters. The maximum Gasteiger partial charge on any atom is 0.269 e. The van der Waals surface area contributed by atoms with E-state index >= 15 is 0 Å². The van der Waals surface area contributed by atoms with E-state index in [2.05, 4.69) is 10.9 Å². The fraction of sp³-hybridized carbons (Fsp3) is 0. The number of halogens is 1. The third-order valence-corrected chi connectivity index (χ3v) is 2.95. The Labute approximate surface area is 130 Å². The maximum absolute atomic E-state index is 11.8. The summed E-state index contributed by atoms with van der Waals surface area (Å²) < 4.78 is 0. The van der Waals surface area contributed by atoms with Crippen molar-refractivity contribution in [3.05, 3.63) is 74.8 Å². The third kappa shape index (κ3) is 3.80. The minimum atomic E-state index is -0.592. The molecule has 0 aliphatic heterocycles. The number of hydrazine groups is 1. The zero-order valence-corrected chi connectivity index (χ0v) is 11.8. The predicted molar refractivity (Wildman–Crippen MR) is 79.5 cm³/mol. The zero-order chi connectivity index (χ0) is 16.1. The van der Waals surface area contributed by atoms with Crippen LogP contribution in [0.4, 0.5) is 5.69 Å². The lowest BCUT2D eigenvalue weighted by atomic mass is 10.2. The van der Waals surface area contributed by atoms with Crippen LogP contribution in [0.3, 0.4) is 0 Å². The molecule has 2 rings (SSSR count). The second-order valence-corrected chi connectivity index (χ2v) is 4.66. The number of carbonyl (C=O) groups excluding carboxylic acids is 2. The first-order valence-corrected chi connectivity index (χ1v) is 6.46. The Bertz CT molecular complexity index is 731. The summed E-state index contributed by atoms with van der Waals surface area (Å²) in [4.78, 5) is 33.6. The maximum atomic E-state index is 11.8. The van der Waals surface area contributed by atoms with E-state index in [9.17, 15) is 19.7 Å². The van der Waals surface area contributed by atoms with Crippen LogP contribution in [0.2, 0.25) is 5.02 Å². The summed E-state index contributed by atoms with van der Waals surface area (Å²) >= 11 is 5.77. The monoisotopic (exact) mass is 319 g/mol. The van der Waals surface area contributed by atoms with Crippen LogP contribution in [0, 0.1) is 10.1 Å². The van der Waals surface area contributed by atoms with Crippen LogP contribution >= 0.6 is 11.6 Å². The van der Waals surface area contributed by atoms with Gasteiger partial charge in [0, 0.05) is 28.3 Å². The van der Waals surface area contributed by atoms with E-state index in [0.717, 1.165) is 0 Å². The molecule has 2 aromatic rings. The topological polar surface area (TPSA) is 101 Å². The average Bonchev–Trinajstić information content (AvgIpc) is 2.52. The number of nitro benzene ring substituents is 1. The Hall–Kier alpha value is -2.93. The molecule has 2 amide bonds. The van der Waals surface area contributed by atoms with Crippen molar-refractivity contribution in [2.45, 2.75) is 0 Å². The highest BCUT2D eigenvalue weighted by molar-refractivity contribution is 6.30. The lowest BCUT2D eigenvalue weighted by Gasteiger charge is -2.07. The first-order chi connectivity index (χ1) is 10.5. The molecule has 0 spiro atoms. The molecule has 0 saturated carbocycles. The molecule has 2 N–H and O–H groups in total. The molecular formula is C14H10ClN3O4. The van der Waals surface area contributed by atoms with Gasteiger partial charge in [-0.25, -0.2) is 0 Å². The first-order valence-electron chi connectivity index (χ1n) is 6.08. The summed E-state index contributed by atoms with van der Waals surface area (Å²) in [7, 11) is 0. The summed E-state index contributed by atoms with van der Waals surface area (Å²) in [5, 5.41) is 10.9. The van der Waals surface area contributed by atoms with Gasteiger partial charge in [0.05, 0.1) is 4.92 Å². The molecule has 0 radical (unpaired) electrons. The van der Waals surface area contributed by atoms with E-state index in [1.165, 1.54) is 30.3 Å². The second kappa shape index (κ2) is 6.68. The highest BCUT2D eigenvalue weighted by Gasteiger charge is 2.11. The minimum absolute atomic E-state index is 0.125. The number of hydrogen-bond donors (Lipinski definition) is 2. The van der Waals surface area contributed by atoms with Gasteiger partial charge in [0.1, 0.15) is 0 Å². The molecule has 0 heterocycles. The van der Waals surface area contributed by atoms with Gasteiger partial charge in [-0.1, -0.05) is 17.7 Å². The highest BCUT2D eigenvalue weighted by Crippen LogP contribution is 2.12. The molecule has 7 nitrogen and oxygen atoms in total. The largest absolute Gasteiger partial charge is 0.269 e. The Morgan fingerprint density at radius 3 is 2.09 bits per heavy atom. The van der Waals surface area contributed by atoms with Gasteiger partial charge in [-0.15, -0.1) is 0 Å². The van der Waals surface area contributed by atoms with E-state index in [4.69, 9.17) is 11.6 Å². The summed E-state index contributed by atoms with van der Waals surface area (Å²) in [6.07, 6.45) is 0. The van der Waals surface area contributed by atoms with E-state index in [1.54, 1.807) is 18.2 Å². The number of nitrogens with zero attached hydrogens (tertiary/aromatic N) is 1. The van der Waals surface area contributed by atoms with Crippen LogP contribution in [-0.4, -0.2) is 16.7 Å². The molecule has 2 aromatic carbocycles. The summed E-state index contributed by atoms with van der Waals surface area (Å²) in [5.74, 6) is -1.12. The zero-order valence-electron chi connectivity index (χ0n) is 11.1. The van der Waals surface area contributed by atoms with Crippen LogP contribution in [0.5, 0.6) is 0 Å². The highest BCUT2D eigenvalue weighted by atomic mass is 35.5. The van der Waals surface area contributed by atoms with Crippen molar-refractivity contribution in [3.63, 3.8) is 0 Å². The molecular weight excluding hydrogens is 310 g/mol. The number of hydrogen-bond acceptors (Lipinski definition) is 4. The van der Waals surface area contributed by atoms with Crippen LogP contribution in [0.25, 0.3) is 0 Å². The Morgan fingerprint density at radius 2 is 1.55 bits per heavy atom. The van der Waals surface area contributed by atoms with Gasteiger partial charge in [0.25, 0.3) is 17.5 Å². The number of amides is 2. The molecule has 112 valence electrons. The Kier molecular flexibility index (Phi) is 4.70. The van der Waals surface area contributed by atoms with Crippen molar-refractivity contribution in [3.8, 4) is 0 Å². The lowest BCUT2D eigenvalue weighted by molar-refractivity contribution is -0.384. The van der Waals surface area contributed by atoms with Crippen molar-refractivity contribution in [1.82, 2.24) is 10.9 Å². The number of rotatable bonds is 3. The minimum Gasteiger partial charge on any atom is -0.267 e. The van der Waals surface area contributed by atoms with Gasteiger partial charge in [-0.2, -0.15) is 0 Å². The van der Waals surface area contributed by atoms with E-state index in [1.807, 2.05) is 0 Å². The van der Waals surface area contributed by atoms with Crippen LogP contribution in [0.15, 0.2) is 48.5 Å². The summed E-state index contributed by atoms with van der Waals surface area (Å²) in [5.41, 5.74) is 4.79. The molecule has 0 aliphatic rings. The molecule has 0 unspecified atom stereocenters.